The average Bonchev–Trinajstić information content (AvgIpc) is 2.47. The van der Waals surface area contributed by atoms with Gasteiger partial charge in [-0.25, -0.2) is 9.98 Å². The van der Waals surface area contributed by atoms with Crippen LogP contribution in [0.4, 0.5) is 5.13 Å². The Balaban J connectivity index is 2.62. The fourth-order valence-electron chi connectivity index (χ4n) is 0.979. The second-order valence-electron chi connectivity index (χ2n) is 2.24. The van der Waals surface area contributed by atoms with Crippen molar-refractivity contribution in [3.63, 3.8) is 0 Å². The first-order chi connectivity index (χ1) is 5.90. The van der Waals surface area contributed by atoms with E-state index < -0.39 is 0 Å². The van der Waals surface area contributed by atoms with Crippen LogP contribution in [-0.4, -0.2) is 11.3 Å². The van der Waals surface area contributed by atoms with Crippen LogP contribution >= 0.6 is 11.3 Å². The van der Waals surface area contributed by atoms with E-state index >= 15 is 0 Å². The molecule has 0 unspecified atom stereocenters. The minimum absolute atomic E-state index is 0.707. The van der Waals surface area contributed by atoms with Gasteiger partial charge < -0.3 is 5.73 Å². The highest BCUT2D eigenvalue weighted by atomic mass is 32.1. The van der Waals surface area contributed by atoms with Crippen molar-refractivity contribution < 1.29 is 0 Å². The fraction of sp³-hybridized carbons (Fsp3) is 0. The van der Waals surface area contributed by atoms with Crippen molar-refractivity contribution in [1.29, 1.82) is 0 Å². The summed E-state index contributed by atoms with van der Waals surface area (Å²) in [6.07, 6.45) is 1.26. The van der Waals surface area contributed by atoms with E-state index in [-0.39, 0.29) is 0 Å². The number of rotatable bonds is 1. The summed E-state index contributed by atoms with van der Waals surface area (Å²) in [7, 11) is 0. The first-order valence-corrected chi connectivity index (χ1v) is 4.31. The van der Waals surface area contributed by atoms with Crippen molar-refractivity contribution in [2.75, 3.05) is 0 Å². The van der Waals surface area contributed by atoms with Crippen molar-refractivity contribution in [2.24, 2.45) is 10.7 Å². The molecule has 0 atom stereocenters. The van der Waals surface area contributed by atoms with E-state index in [1.54, 1.807) is 0 Å². The number of aliphatic imine (C=N–C) groups is 1. The van der Waals surface area contributed by atoms with Gasteiger partial charge in [-0.05, 0) is 12.1 Å². The number of fused-ring (bicyclic) bond motifs is 1. The van der Waals surface area contributed by atoms with Crippen LogP contribution in [0, 0.1) is 0 Å². The maximum Gasteiger partial charge on any atom is 0.211 e. The van der Waals surface area contributed by atoms with E-state index in [2.05, 4.69) is 9.98 Å². The van der Waals surface area contributed by atoms with Gasteiger partial charge in [-0.1, -0.05) is 23.5 Å². The van der Waals surface area contributed by atoms with Crippen molar-refractivity contribution in [3.05, 3.63) is 24.3 Å². The molecule has 0 amide bonds. The monoisotopic (exact) mass is 177 g/mol. The zero-order valence-corrected chi connectivity index (χ0v) is 7.08. The van der Waals surface area contributed by atoms with E-state index in [9.17, 15) is 0 Å². The van der Waals surface area contributed by atoms with Gasteiger partial charge in [0.25, 0.3) is 0 Å². The molecule has 0 saturated heterocycles. The highest BCUT2D eigenvalue weighted by molar-refractivity contribution is 7.21. The molecule has 3 nitrogen and oxygen atoms in total. The van der Waals surface area contributed by atoms with Crippen LogP contribution < -0.4 is 5.73 Å². The van der Waals surface area contributed by atoms with E-state index in [0.29, 0.717) is 5.13 Å². The molecule has 4 heteroatoms. The normalized spacial score (nSPS) is 11.3. The Bertz CT molecular complexity index is 386. The number of para-hydroxylation sites is 1. The van der Waals surface area contributed by atoms with E-state index in [0.717, 1.165) is 10.2 Å². The molecule has 60 valence electrons. The second-order valence-corrected chi connectivity index (χ2v) is 3.25. The first-order valence-electron chi connectivity index (χ1n) is 3.50. The molecule has 0 aliphatic carbocycles. The summed E-state index contributed by atoms with van der Waals surface area (Å²) >= 11 is 1.53. The van der Waals surface area contributed by atoms with Gasteiger partial charge >= 0.3 is 0 Å². The summed E-state index contributed by atoms with van der Waals surface area (Å²) in [5.41, 5.74) is 6.13. The molecule has 12 heavy (non-hydrogen) atoms. The lowest BCUT2D eigenvalue weighted by Crippen LogP contribution is -1.85. The molecule has 2 aromatic rings. The molecule has 1 aromatic carbocycles. The molecular formula is C8H7N3S. The standard InChI is InChI=1S/C8H7N3S/c9-5-10-8-11-6-3-1-2-4-7(6)12-8/h1-5H,(H2,9,10,11). The molecule has 1 aromatic heterocycles. The van der Waals surface area contributed by atoms with Gasteiger partial charge in [-0.3, -0.25) is 0 Å². The lowest BCUT2D eigenvalue weighted by atomic mass is 10.3. The lowest BCUT2D eigenvalue weighted by molar-refractivity contribution is 1.41. The molecule has 0 spiro atoms. The van der Waals surface area contributed by atoms with Crippen molar-refractivity contribution in [2.45, 2.75) is 0 Å². The highest BCUT2D eigenvalue weighted by Crippen LogP contribution is 2.26. The van der Waals surface area contributed by atoms with Crippen LogP contribution in [0.5, 0.6) is 0 Å². The Kier molecular flexibility index (Phi) is 1.75. The Morgan fingerprint density at radius 2 is 2.25 bits per heavy atom. The van der Waals surface area contributed by atoms with Crippen molar-refractivity contribution in [1.82, 2.24) is 4.98 Å². The summed E-state index contributed by atoms with van der Waals surface area (Å²) in [6, 6.07) is 7.92. The predicted molar refractivity (Wildman–Crippen MR) is 52.0 cm³/mol. The molecule has 0 bridgehead atoms. The maximum atomic E-state index is 5.16. The highest BCUT2D eigenvalue weighted by Gasteiger charge is 1.98. The summed E-state index contributed by atoms with van der Waals surface area (Å²) < 4.78 is 1.14. The first kappa shape index (κ1) is 7.24. The fourth-order valence-corrected chi connectivity index (χ4v) is 1.80. The predicted octanol–water partition coefficient (Wildman–Crippen LogP) is 1.91. The third kappa shape index (κ3) is 1.16. The number of nitrogens with two attached hydrogens (primary N) is 1. The summed E-state index contributed by atoms with van der Waals surface area (Å²) in [5, 5.41) is 0.707. The van der Waals surface area contributed by atoms with Gasteiger partial charge in [0.1, 0.15) is 0 Å². The number of benzene rings is 1. The number of hydrogen-bond donors (Lipinski definition) is 1. The maximum absolute atomic E-state index is 5.16. The van der Waals surface area contributed by atoms with Gasteiger partial charge in [0.2, 0.25) is 5.13 Å². The lowest BCUT2D eigenvalue weighted by Gasteiger charge is -1.80. The van der Waals surface area contributed by atoms with E-state index in [1.807, 2.05) is 24.3 Å². The number of nitrogens with zero attached hydrogens (tertiary/aromatic N) is 2. The molecule has 0 aliphatic rings. The van der Waals surface area contributed by atoms with Crippen LogP contribution in [0.1, 0.15) is 0 Å². The van der Waals surface area contributed by atoms with Crippen LogP contribution in [0.3, 0.4) is 0 Å². The number of thiazole rings is 1. The summed E-state index contributed by atoms with van der Waals surface area (Å²) in [5.74, 6) is 0. The van der Waals surface area contributed by atoms with Crippen LogP contribution in [-0.2, 0) is 0 Å². The van der Waals surface area contributed by atoms with Crippen LogP contribution in [0.15, 0.2) is 29.3 Å². The molecule has 2 rings (SSSR count). The smallest absolute Gasteiger partial charge is 0.211 e. The quantitative estimate of drug-likeness (QED) is 0.534. The van der Waals surface area contributed by atoms with Gasteiger partial charge in [0.05, 0.1) is 16.6 Å². The molecule has 1 heterocycles. The summed E-state index contributed by atoms with van der Waals surface area (Å²) in [6.45, 7) is 0. The molecule has 0 radical (unpaired) electrons. The number of hydrogen-bond acceptors (Lipinski definition) is 3. The topological polar surface area (TPSA) is 51.3 Å². The van der Waals surface area contributed by atoms with Crippen molar-refractivity contribution >= 4 is 33.0 Å². The minimum atomic E-state index is 0.707. The Morgan fingerprint density at radius 3 is 3.00 bits per heavy atom. The average molecular weight is 177 g/mol. The van der Waals surface area contributed by atoms with Crippen LogP contribution in [0.25, 0.3) is 10.2 Å². The number of aromatic nitrogens is 1. The minimum Gasteiger partial charge on any atom is -0.390 e. The third-order valence-electron chi connectivity index (χ3n) is 1.47. The molecular weight excluding hydrogens is 170 g/mol. The Morgan fingerprint density at radius 1 is 1.42 bits per heavy atom. The van der Waals surface area contributed by atoms with Gasteiger partial charge in [-0.15, -0.1) is 0 Å². The molecule has 0 aliphatic heterocycles. The van der Waals surface area contributed by atoms with E-state index in [4.69, 9.17) is 5.73 Å². The Labute approximate surface area is 73.6 Å². The molecule has 0 fully saturated rings. The zero-order chi connectivity index (χ0) is 8.39. The largest absolute Gasteiger partial charge is 0.390 e. The van der Waals surface area contributed by atoms with E-state index in [1.165, 1.54) is 17.7 Å². The van der Waals surface area contributed by atoms with Gasteiger partial charge in [0, 0.05) is 0 Å². The molecule has 0 saturated carbocycles. The zero-order valence-electron chi connectivity index (χ0n) is 6.27. The van der Waals surface area contributed by atoms with Crippen LogP contribution in [0.2, 0.25) is 0 Å². The van der Waals surface area contributed by atoms with Gasteiger partial charge in [-0.2, -0.15) is 0 Å². The summed E-state index contributed by atoms with van der Waals surface area (Å²) in [4.78, 5) is 8.15. The SMILES string of the molecule is N/C=N/c1nc2ccccc2s1. The third-order valence-corrected chi connectivity index (χ3v) is 2.41. The Hall–Kier alpha value is -1.42. The molecule has 2 N–H and O–H groups in total. The second kappa shape index (κ2) is 2.91. The van der Waals surface area contributed by atoms with Crippen molar-refractivity contribution in [3.8, 4) is 0 Å². The van der Waals surface area contributed by atoms with Gasteiger partial charge in [0.15, 0.2) is 0 Å².